The number of halogens is 5. The Bertz CT molecular complexity index is 969. The number of fused-ring (bicyclic) bond motifs is 1. The Morgan fingerprint density at radius 1 is 1.07 bits per heavy atom. The van der Waals surface area contributed by atoms with Gasteiger partial charge in [0.2, 0.25) is 11.8 Å². The smallest absolute Gasteiger partial charge is 0.365 e. The fourth-order valence-electron chi connectivity index (χ4n) is 7.48. The lowest BCUT2D eigenvalue weighted by Gasteiger charge is -2.46. The van der Waals surface area contributed by atoms with Crippen LogP contribution in [0.3, 0.4) is 0 Å². The van der Waals surface area contributed by atoms with E-state index in [-0.39, 0.29) is 60.4 Å². The van der Waals surface area contributed by atoms with Gasteiger partial charge in [-0.25, -0.2) is 19.6 Å². The van der Waals surface area contributed by atoms with Gasteiger partial charge >= 0.3 is 6.18 Å². The van der Waals surface area contributed by atoms with Crippen molar-refractivity contribution in [2.45, 2.75) is 86.9 Å². The van der Waals surface area contributed by atoms with Crippen LogP contribution in [0.5, 0.6) is 0 Å². The zero-order chi connectivity index (χ0) is 30.3. The molecule has 16 heteroatoms. The first-order chi connectivity index (χ1) is 19.9. The van der Waals surface area contributed by atoms with Crippen LogP contribution >= 0.6 is 11.8 Å². The molecular weight excluding hydrogens is 585 g/mol. The number of rotatable bonds is 6. The van der Waals surface area contributed by atoms with E-state index in [0.29, 0.717) is 26.1 Å². The summed E-state index contributed by atoms with van der Waals surface area (Å²) >= 11 is 1.49. The summed E-state index contributed by atoms with van der Waals surface area (Å²) in [6, 6.07) is -1.92. The molecular formula is C26H42F5N7O3S. The number of piperidine rings is 2. The fourth-order valence-corrected chi connectivity index (χ4v) is 8.89. The van der Waals surface area contributed by atoms with Crippen LogP contribution in [0.2, 0.25) is 0 Å². The first-order valence-electron chi connectivity index (χ1n) is 14.7. The van der Waals surface area contributed by atoms with Gasteiger partial charge < -0.3 is 25.6 Å². The third kappa shape index (κ3) is 6.69. The van der Waals surface area contributed by atoms with Crippen LogP contribution in [-0.4, -0.2) is 104 Å². The third-order valence-corrected chi connectivity index (χ3v) is 11.1. The minimum atomic E-state index is -4.34. The largest absolute Gasteiger partial charge is 0.392 e. The van der Waals surface area contributed by atoms with Crippen molar-refractivity contribution < 1.29 is 36.3 Å². The third-order valence-electron chi connectivity index (χ3n) is 9.79. The highest BCUT2D eigenvalue weighted by Crippen LogP contribution is 2.40. The molecule has 5 aliphatic heterocycles. The second kappa shape index (κ2) is 13.0. The number of carbonyl (C=O) groups is 2. The maximum atomic E-state index is 13.6. The maximum absolute atomic E-state index is 13.6. The molecule has 5 saturated heterocycles. The molecule has 0 saturated carbocycles. The number of ether oxygens (including phenoxy) is 1. The Balaban J connectivity index is 1.17. The number of amides is 2. The van der Waals surface area contributed by atoms with Crippen molar-refractivity contribution in [3.8, 4) is 0 Å². The number of nitrogens with one attached hydrogen (secondary N) is 6. The normalized spacial score (nSPS) is 42.9. The van der Waals surface area contributed by atoms with Crippen LogP contribution in [-0.2, 0) is 14.3 Å². The van der Waals surface area contributed by atoms with Crippen LogP contribution in [0.4, 0.5) is 22.0 Å². The molecule has 10 nitrogen and oxygen atoms in total. The molecule has 42 heavy (non-hydrogen) atoms. The van der Waals surface area contributed by atoms with Crippen molar-refractivity contribution in [2.24, 2.45) is 29.6 Å². The van der Waals surface area contributed by atoms with Crippen molar-refractivity contribution in [3.05, 3.63) is 0 Å². The zero-order valence-electron chi connectivity index (χ0n) is 23.9. The highest BCUT2D eigenvalue weighted by molar-refractivity contribution is 8.00. The predicted molar refractivity (Wildman–Crippen MR) is 146 cm³/mol. The molecule has 5 heterocycles. The first kappa shape index (κ1) is 32.1. The Labute approximate surface area is 246 Å². The summed E-state index contributed by atoms with van der Waals surface area (Å²) in [4.78, 5) is 28.4. The van der Waals surface area contributed by atoms with Crippen molar-refractivity contribution in [2.75, 3.05) is 33.3 Å². The van der Waals surface area contributed by atoms with Crippen LogP contribution in [0, 0.1) is 29.6 Å². The van der Waals surface area contributed by atoms with Crippen molar-refractivity contribution >= 4 is 23.6 Å². The summed E-state index contributed by atoms with van der Waals surface area (Å²) in [7, 11) is 1.51. The molecule has 0 aliphatic carbocycles. The summed E-state index contributed by atoms with van der Waals surface area (Å²) in [6.45, 7) is 4.78. The molecule has 0 aromatic heterocycles. The Kier molecular flexibility index (Phi) is 9.92. The number of nitrogens with zero attached hydrogens (tertiary/aromatic N) is 1. The average molecular weight is 628 g/mol. The summed E-state index contributed by atoms with van der Waals surface area (Å²) in [5.74, 6) is -3.81. The van der Waals surface area contributed by atoms with Crippen LogP contribution in [0.1, 0.15) is 33.1 Å². The van der Waals surface area contributed by atoms with Crippen LogP contribution in [0.15, 0.2) is 0 Å². The lowest BCUT2D eigenvalue weighted by molar-refractivity contribution is -0.197. The number of methoxy groups -OCH3 is 1. The molecule has 12 unspecified atom stereocenters. The zero-order valence-corrected chi connectivity index (χ0v) is 24.7. The number of likely N-dealkylation sites (tertiary alicyclic amines) is 1. The molecule has 6 N–H and O–H groups in total. The van der Waals surface area contributed by atoms with E-state index in [1.165, 1.54) is 25.8 Å². The van der Waals surface area contributed by atoms with E-state index < -0.39 is 54.2 Å². The number of thioether (sulfide) groups is 1. The summed E-state index contributed by atoms with van der Waals surface area (Å²) in [6.07, 6.45) is -6.64. The first-order valence-corrected chi connectivity index (χ1v) is 15.7. The van der Waals surface area contributed by atoms with Crippen molar-refractivity contribution in [1.82, 2.24) is 37.0 Å². The molecule has 2 amide bonds. The van der Waals surface area contributed by atoms with E-state index in [4.69, 9.17) is 4.74 Å². The lowest BCUT2D eigenvalue weighted by Crippen LogP contribution is -2.63. The minimum absolute atomic E-state index is 0.0184. The number of carbonyl (C=O) groups excluding carboxylic acids is 2. The van der Waals surface area contributed by atoms with Gasteiger partial charge in [0.25, 0.3) is 6.43 Å². The quantitative estimate of drug-likeness (QED) is 0.238. The molecule has 0 aromatic carbocycles. The molecule has 0 aromatic rings. The van der Waals surface area contributed by atoms with Gasteiger partial charge in [-0.1, -0.05) is 6.92 Å². The Morgan fingerprint density at radius 3 is 2.50 bits per heavy atom. The second-order valence-electron chi connectivity index (χ2n) is 12.4. The van der Waals surface area contributed by atoms with Gasteiger partial charge in [0.05, 0.1) is 23.9 Å². The number of hydrazine groups is 1. The summed E-state index contributed by atoms with van der Waals surface area (Å²) in [5.41, 5.74) is 5.09. The molecule has 240 valence electrons. The molecule has 5 aliphatic rings. The molecule has 5 fully saturated rings. The van der Waals surface area contributed by atoms with Gasteiger partial charge in [-0.2, -0.15) is 13.2 Å². The lowest BCUT2D eigenvalue weighted by atomic mass is 9.71. The monoisotopic (exact) mass is 627 g/mol. The highest BCUT2D eigenvalue weighted by Gasteiger charge is 2.52. The fraction of sp³-hybridized carbons (Fsp3) is 0.923. The molecule has 12 atom stereocenters. The standard InChI is InChI=1S/C26H42F5N7O3S/c1-11-6-13(14-7-17(21(27)28)36-37-23(14)41-3)15(8-33-11)22(39)35-25-34-18-9-38(10-19(18)42-25)24(40)20-12(2)16(4-5-32-20)26(29,30)31/h11-21,23,25,32-34,36-37H,4-10H2,1-3H3,(H,35,39). The maximum Gasteiger partial charge on any atom is 0.392 e. The van der Waals surface area contributed by atoms with Gasteiger partial charge in [-0.3, -0.25) is 14.9 Å². The van der Waals surface area contributed by atoms with E-state index in [9.17, 15) is 31.5 Å². The van der Waals surface area contributed by atoms with E-state index in [2.05, 4.69) is 32.1 Å². The van der Waals surface area contributed by atoms with Gasteiger partial charge in [0, 0.05) is 50.0 Å². The molecule has 0 spiro atoms. The van der Waals surface area contributed by atoms with Gasteiger partial charge in [-0.05, 0) is 44.6 Å². The molecule has 0 bridgehead atoms. The van der Waals surface area contributed by atoms with Crippen molar-refractivity contribution in [1.29, 1.82) is 0 Å². The summed E-state index contributed by atoms with van der Waals surface area (Å²) in [5, 5.41) is 12.8. The SMILES string of the molecule is COC1NNC(C(F)F)CC1C1CC(C)NCC1C(=O)NC1NC2CN(C(=O)C3NCCC(C(F)(F)F)C3C)CC2S1. The second-order valence-corrected chi connectivity index (χ2v) is 13.8. The minimum Gasteiger partial charge on any atom is -0.365 e. The van der Waals surface area contributed by atoms with Gasteiger partial charge in [0.1, 0.15) is 11.7 Å². The number of alkyl halides is 5. The Morgan fingerprint density at radius 2 is 1.83 bits per heavy atom. The predicted octanol–water partition coefficient (Wildman–Crippen LogP) is 0.813. The molecule has 5 rings (SSSR count). The Hall–Kier alpha value is -1.30. The topological polar surface area (TPSA) is 119 Å². The van der Waals surface area contributed by atoms with E-state index in [1.54, 1.807) is 4.90 Å². The van der Waals surface area contributed by atoms with Crippen LogP contribution in [0.25, 0.3) is 0 Å². The van der Waals surface area contributed by atoms with Gasteiger partial charge in [0.15, 0.2) is 0 Å². The van der Waals surface area contributed by atoms with E-state index in [1.807, 2.05) is 6.92 Å². The summed E-state index contributed by atoms with van der Waals surface area (Å²) < 4.78 is 73.1. The highest BCUT2D eigenvalue weighted by atomic mass is 32.2. The van der Waals surface area contributed by atoms with E-state index in [0.717, 1.165) is 0 Å². The molecule has 0 radical (unpaired) electrons. The van der Waals surface area contributed by atoms with Crippen molar-refractivity contribution in [3.63, 3.8) is 0 Å². The number of hydrogen-bond acceptors (Lipinski definition) is 9. The van der Waals surface area contributed by atoms with Gasteiger partial charge in [-0.15, -0.1) is 11.8 Å². The number of hydrogen-bond donors (Lipinski definition) is 6. The van der Waals surface area contributed by atoms with E-state index >= 15 is 0 Å². The average Bonchev–Trinajstić information content (AvgIpc) is 3.50. The van der Waals surface area contributed by atoms with Crippen LogP contribution < -0.4 is 32.1 Å².